The summed E-state index contributed by atoms with van der Waals surface area (Å²) in [5.74, 6) is 2.45. The summed E-state index contributed by atoms with van der Waals surface area (Å²) in [6.45, 7) is 6.86. The lowest BCUT2D eigenvalue weighted by Gasteiger charge is -2.12. The average Bonchev–Trinajstić information content (AvgIpc) is 2.55. The highest BCUT2D eigenvalue weighted by Gasteiger charge is 2.02. The van der Waals surface area contributed by atoms with Gasteiger partial charge in [0.05, 0.1) is 19.3 Å². The molecule has 0 radical (unpaired) electrons. The molecule has 22 heavy (non-hydrogen) atoms. The van der Waals surface area contributed by atoms with Gasteiger partial charge in [0.2, 0.25) is 0 Å². The standard InChI is InChI=1S/C19H22O3/c1-3-14-20-16(2)13-15-21-17-9-11-19(12-10-17)22-18-7-5-4-6-8-18/h3-12,16H,1,13-15H2,2H3. The second kappa shape index (κ2) is 8.90. The number of ether oxygens (including phenoxy) is 3. The van der Waals surface area contributed by atoms with Gasteiger partial charge < -0.3 is 14.2 Å². The van der Waals surface area contributed by atoms with E-state index in [0.29, 0.717) is 13.2 Å². The predicted molar refractivity (Wildman–Crippen MR) is 88.7 cm³/mol. The van der Waals surface area contributed by atoms with Crippen molar-refractivity contribution in [2.45, 2.75) is 19.4 Å². The Morgan fingerprint density at radius 2 is 1.59 bits per heavy atom. The van der Waals surface area contributed by atoms with Crippen molar-refractivity contribution in [3.8, 4) is 17.2 Å². The van der Waals surface area contributed by atoms with Gasteiger partial charge in [-0.05, 0) is 43.3 Å². The van der Waals surface area contributed by atoms with Crippen LogP contribution in [0.15, 0.2) is 67.3 Å². The van der Waals surface area contributed by atoms with Gasteiger partial charge in [-0.3, -0.25) is 0 Å². The van der Waals surface area contributed by atoms with Crippen LogP contribution in [0.3, 0.4) is 0 Å². The van der Waals surface area contributed by atoms with Crippen LogP contribution in [0.1, 0.15) is 13.3 Å². The van der Waals surface area contributed by atoms with Gasteiger partial charge in [0.25, 0.3) is 0 Å². The molecule has 0 aromatic heterocycles. The molecule has 1 unspecified atom stereocenters. The lowest BCUT2D eigenvalue weighted by atomic mass is 10.3. The zero-order valence-corrected chi connectivity index (χ0v) is 12.9. The molecule has 0 saturated carbocycles. The van der Waals surface area contributed by atoms with Crippen LogP contribution in [0, 0.1) is 0 Å². The minimum atomic E-state index is 0.165. The Kier molecular flexibility index (Phi) is 6.52. The molecular weight excluding hydrogens is 276 g/mol. The highest BCUT2D eigenvalue weighted by molar-refractivity contribution is 5.35. The Morgan fingerprint density at radius 3 is 2.27 bits per heavy atom. The van der Waals surface area contributed by atoms with Crippen molar-refractivity contribution < 1.29 is 14.2 Å². The molecule has 0 fully saturated rings. The summed E-state index contributed by atoms with van der Waals surface area (Å²) in [5.41, 5.74) is 0. The molecule has 0 bridgehead atoms. The Hall–Kier alpha value is -2.26. The maximum absolute atomic E-state index is 5.74. The van der Waals surface area contributed by atoms with Crippen LogP contribution in [0.25, 0.3) is 0 Å². The van der Waals surface area contributed by atoms with Crippen molar-refractivity contribution >= 4 is 0 Å². The first-order valence-corrected chi connectivity index (χ1v) is 7.46. The number of benzene rings is 2. The Morgan fingerprint density at radius 1 is 0.955 bits per heavy atom. The summed E-state index contributed by atoms with van der Waals surface area (Å²) >= 11 is 0. The van der Waals surface area contributed by atoms with Gasteiger partial charge in [0, 0.05) is 6.42 Å². The third kappa shape index (κ3) is 5.62. The molecular formula is C19H22O3. The highest BCUT2D eigenvalue weighted by Crippen LogP contribution is 2.23. The Labute approximate surface area is 132 Å². The van der Waals surface area contributed by atoms with E-state index in [9.17, 15) is 0 Å². The van der Waals surface area contributed by atoms with Crippen LogP contribution < -0.4 is 9.47 Å². The van der Waals surface area contributed by atoms with Crippen LogP contribution in [-0.4, -0.2) is 19.3 Å². The zero-order chi connectivity index (χ0) is 15.6. The number of para-hydroxylation sites is 1. The fourth-order valence-corrected chi connectivity index (χ4v) is 1.89. The Balaban J connectivity index is 1.76. The first-order chi connectivity index (χ1) is 10.8. The normalized spacial score (nSPS) is 11.7. The van der Waals surface area contributed by atoms with Crippen LogP contribution >= 0.6 is 0 Å². The van der Waals surface area contributed by atoms with Gasteiger partial charge in [0.15, 0.2) is 0 Å². The molecule has 2 aromatic carbocycles. The van der Waals surface area contributed by atoms with Crippen LogP contribution in [0.5, 0.6) is 17.2 Å². The maximum atomic E-state index is 5.74. The summed E-state index contributed by atoms with van der Waals surface area (Å²) in [5, 5.41) is 0. The van der Waals surface area contributed by atoms with Gasteiger partial charge in [-0.1, -0.05) is 24.3 Å². The van der Waals surface area contributed by atoms with Gasteiger partial charge in [-0.25, -0.2) is 0 Å². The first-order valence-electron chi connectivity index (χ1n) is 7.46. The molecule has 1 atom stereocenters. The van der Waals surface area contributed by atoms with E-state index in [2.05, 4.69) is 6.58 Å². The topological polar surface area (TPSA) is 27.7 Å². The van der Waals surface area contributed by atoms with E-state index < -0.39 is 0 Å². The molecule has 0 aliphatic heterocycles. The van der Waals surface area contributed by atoms with E-state index in [1.54, 1.807) is 6.08 Å². The average molecular weight is 298 g/mol. The predicted octanol–water partition coefficient (Wildman–Crippen LogP) is 4.84. The summed E-state index contributed by atoms with van der Waals surface area (Å²) in [4.78, 5) is 0. The minimum Gasteiger partial charge on any atom is -0.493 e. The van der Waals surface area contributed by atoms with Crippen LogP contribution in [-0.2, 0) is 4.74 Å². The summed E-state index contributed by atoms with van der Waals surface area (Å²) in [6, 6.07) is 17.3. The van der Waals surface area contributed by atoms with Crippen molar-refractivity contribution in [3.63, 3.8) is 0 Å². The Bertz CT molecular complexity index is 549. The van der Waals surface area contributed by atoms with Crippen molar-refractivity contribution in [2.24, 2.45) is 0 Å². The quantitative estimate of drug-likeness (QED) is 0.620. The zero-order valence-electron chi connectivity index (χ0n) is 12.9. The van der Waals surface area contributed by atoms with Gasteiger partial charge >= 0.3 is 0 Å². The lowest BCUT2D eigenvalue weighted by molar-refractivity contribution is 0.0701. The van der Waals surface area contributed by atoms with Gasteiger partial charge in [-0.15, -0.1) is 6.58 Å². The van der Waals surface area contributed by atoms with Crippen molar-refractivity contribution in [3.05, 3.63) is 67.3 Å². The fraction of sp³-hybridized carbons (Fsp3) is 0.263. The second-order valence-corrected chi connectivity index (χ2v) is 4.96. The molecule has 3 nitrogen and oxygen atoms in total. The number of hydrogen-bond acceptors (Lipinski definition) is 3. The fourth-order valence-electron chi connectivity index (χ4n) is 1.89. The monoisotopic (exact) mass is 298 g/mol. The molecule has 116 valence electrons. The summed E-state index contributed by atoms with van der Waals surface area (Å²) in [6.07, 6.45) is 2.76. The molecule has 3 heteroatoms. The van der Waals surface area contributed by atoms with E-state index in [-0.39, 0.29) is 6.10 Å². The molecule has 0 spiro atoms. The van der Waals surface area contributed by atoms with E-state index in [0.717, 1.165) is 23.7 Å². The largest absolute Gasteiger partial charge is 0.493 e. The van der Waals surface area contributed by atoms with E-state index in [1.165, 1.54) is 0 Å². The van der Waals surface area contributed by atoms with Crippen molar-refractivity contribution in [2.75, 3.05) is 13.2 Å². The van der Waals surface area contributed by atoms with E-state index >= 15 is 0 Å². The SMILES string of the molecule is C=CCOC(C)CCOc1ccc(Oc2ccccc2)cc1. The molecule has 0 heterocycles. The second-order valence-electron chi connectivity index (χ2n) is 4.96. The molecule has 0 saturated heterocycles. The third-order valence-corrected chi connectivity index (χ3v) is 3.09. The summed E-state index contributed by atoms with van der Waals surface area (Å²) < 4.78 is 16.9. The molecule has 0 aliphatic carbocycles. The van der Waals surface area contributed by atoms with E-state index in [4.69, 9.17) is 14.2 Å². The molecule has 2 aromatic rings. The third-order valence-electron chi connectivity index (χ3n) is 3.09. The summed E-state index contributed by atoms with van der Waals surface area (Å²) in [7, 11) is 0. The van der Waals surface area contributed by atoms with E-state index in [1.807, 2.05) is 61.5 Å². The molecule has 0 amide bonds. The number of rotatable bonds is 9. The maximum Gasteiger partial charge on any atom is 0.127 e. The van der Waals surface area contributed by atoms with Crippen molar-refractivity contribution in [1.82, 2.24) is 0 Å². The minimum absolute atomic E-state index is 0.165. The van der Waals surface area contributed by atoms with Crippen LogP contribution in [0.4, 0.5) is 0 Å². The first kappa shape index (κ1) is 16.1. The van der Waals surface area contributed by atoms with Crippen LogP contribution in [0.2, 0.25) is 0 Å². The molecule has 0 N–H and O–H groups in total. The van der Waals surface area contributed by atoms with Gasteiger partial charge in [-0.2, -0.15) is 0 Å². The number of hydrogen-bond donors (Lipinski definition) is 0. The lowest BCUT2D eigenvalue weighted by Crippen LogP contribution is -2.12. The molecule has 2 rings (SSSR count). The smallest absolute Gasteiger partial charge is 0.127 e. The molecule has 0 aliphatic rings. The highest BCUT2D eigenvalue weighted by atomic mass is 16.5. The van der Waals surface area contributed by atoms with Gasteiger partial charge in [0.1, 0.15) is 17.2 Å². The van der Waals surface area contributed by atoms with Crippen molar-refractivity contribution in [1.29, 1.82) is 0 Å².